The normalized spacial score (nSPS) is 10.9. The van der Waals surface area contributed by atoms with Crippen LogP contribution in [0.25, 0.3) is 12.2 Å². The van der Waals surface area contributed by atoms with Crippen LogP contribution in [0.15, 0.2) is 54.6 Å². The Hall–Kier alpha value is -2.07. The van der Waals surface area contributed by atoms with Crippen LogP contribution >= 0.6 is 0 Å². The van der Waals surface area contributed by atoms with E-state index in [1.807, 2.05) is 42.5 Å². The number of nitrogen functional groups attached to an aromatic ring is 1. The summed E-state index contributed by atoms with van der Waals surface area (Å²) in [6.07, 6.45) is 6.49. The lowest BCUT2D eigenvalue weighted by Crippen LogP contribution is -1.86. The summed E-state index contributed by atoms with van der Waals surface area (Å²) in [7, 11) is -2.67. The Labute approximate surface area is 120 Å². The van der Waals surface area contributed by atoms with Crippen molar-refractivity contribution in [3.63, 3.8) is 0 Å². The summed E-state index contributed by atoms with van der Waals surface area (Å²) in [5.41, 5.74) is 8.77. The second-order valence-electron chi connectivity index (χ2n) is 4.55. The van der Waals surface area contributed by atoms with Gasteiger partial charge in [-0.15, -0.1) is 0 Å². The van der Waals surface area contributed by atoms with Gasteiger partial charge in [-0.3, -0.25) is 0 Å². The Kier molecular flexibility index (Phi) is 6.00. The molecule has 0 radical (unpaired) electrons. The minimum Gasteiger partial charge on any atom is -0.399 e. The summed E-state index contributed by atoms with van der Waals surface area (Å²) in [4.78, 5) is 0. The fraction of sp³-hybridized carbons (Fsp3) is 0.125. The maximum absolute atomic E-state index is 9.63. The van der Waals surface area contributed by atoms with Crippen molar-refractivity contribution in [1.29, 1.82) is 0 Å². The first-order chi connectivity index (χ1) is 9.34. The molecule has 0 saturated heterocycles. The number of nitrogens with two attached hydrogens (primary N) is 1. The molecule has 20 heavy (non-hydrogen) atoms. The molecule has 2 aromatic rings. The molecule has 0 aliphatic heterocycles. The summed E-state index contributed by atoms with van der Waals surface area (Å²) < 4.78 is 19.3. The third-order valence-corrected chi connectivity index (χ3v) is 2.20. The first-order valence-electron chi connectivity index (χ1n) is 6.08. The van der Waals surface area contributed by atoms with Crippen LogP contribution in [0.5, 0.6) is 0 Å². The van der Waals surface area contributed by atoms with E-state index in [2.05, 4.69) is 24.3 Å². The van der Waals surface area contributed by atoms with Gasteiger partial charge < -0.3 is 5.73 Å². The van der Waals surface area contributed by atoms with Gasteiger partial charge in [0, 0.05) is 18.2 Å². The lowest BCUT2D eigenvalue weighted by Gasteiger charge is -1.95. The van der Waals surface area contributed by atoms with Gasteiger partial charge in [0.1, 0.15) is 9.84 Å². The van der Waals surface area contributed by atoms with Crippen molar-refractivity contribution in [2.75, 3.05) is 18.2 Å². The number of hydrogen-bond donors (Lipinski definition) is 1. The van der Waals surface area contributed by atoms with E-state index >= 15 is 0 Å². The predicted octanol–water partition coefficient (Wildman–Crippen LogP) is 3.10. The van der Waals surface area contributed by atoms with Gasteiger partial charge in [-0.25, -0.2) is 8.42 Å². The standard InChI is InChI=1S/C14H13N.C2H6O2S/c15-14-10-8-13(9-11-14)7-6-12-4-2-1-3-5-12;1-5(2,3)4/h1-11H,15H2;1-2H3. The lowest BCUT2D eigenvalue weighted by atomic mass is 10.1. The maximum atomic E-state index is 9.63. The summed E-state index contributed by atoms with van der Waals surface area (Å²) >= 11 is 0. The van der Waals surface area contributed by atoms with Crippen molar-refractivity contribution >= 4 is 27.7 Å². The van der Waals surface area contributed by atoms with Gasteiger partial charge in [-0.2, -0.15) is 0 Å². The van der Waals surface area contributed by atoms with Crippen molar-refractivity contribution < 1.29 is 8.42 Å². The Morgan fingerprint density at radius 2 is 1.20 bits per heavy atom. The zero-order chi connectivity index (χ0) is 15.0. The van der Waals surface area contributed by atoms with E-state index in [-0.39, 0.29) is 0 Å². The average molecular weight is 289 g/mol. The van der Waals surface area contributed by atoms with E-state index in [0.29, 0.717) is 0 Å². The van der Waals surface area contributed by atoms with Gasteiger partial charge in [-0.05, 0) is 23.3 Å². The van der Waals surface area contributed by atoms with Crippen LogP contribution in [0.1, 0.15) is 11.1 Å². The molecule has 2 N–H and O–H groups in total. The quantitative estimate of drug-likeness (QED) is 0.682. The smallest absolute Gasteiger partial charge is 0.144 e. The highest BCUT2D eigenvalue weighted by molar-refractivity contribution is 7.89. The number of hydrogen-bond acceptors (Lipinski definition) is 3. The minimum absolute atomic E-state index is 0.798. The van der Waals surface area contributed by atoms with E-state index in [1.165, 1.54) is 5.56 Å². The van der Waals surface area contributed by atoms with Crippen LogP contribution in [0.4, 0.5) is 5.69 Å². The fourth-order valence-electron chi connectivity index (χ4n) is 1.36. The van der Waals surface area contributed by atoms with Crippen molar-refractivity contribution in [3.8, 4) is 0 Å². The molecular weight excluding hydrogens is 270 g/mol. The van der Waals surface area contributed by atoms with E-state index in [0.717, 1.165) is 23.8 Å². The van der Waals surface area contributed by atoms with Crippen LogP contribution in [-0.2, 0) is 9.84 Å². The molecule has 0 bridgehead atoms. The van der Waals surface area contributed by atoms with Crippen LogP contribution in [-0.4, -0.2) is 20.9 Å². The van der Waals surface area contributed by atoms with Gasteiger partial charge in [-0.1, -0.05) is 54.6 Å². The SMILES string of the molecule is CS(C)(=O)=O.Nc1ccc(C=Cc2ccccc2)cc1. The number of sulfone groups is 1. The van der Waals surface area contributed by atoms with Crippen LogP contribution in [0.3, 0.4) is 0 Å². The van der Waals surface area contributed by atoms with Gasteiger partial charge in [0.05, 0.1) is 0 Å². The lowest BCUT2D eigenvalue weighted by molar-refractivity contribution is 0.607. The fourth-order valence-corrected chi connectivity index (χ4v) is 1.36. The zero-order valence-electron chi connectivity index (χ0n) is 11.7. The molecule has 106 valence electrons. The highest BCUT2D eigenvalue weighted by Gasteiger charge is 1.87. The highest BCUT2D eigenvalue weighted by atomic mass is 32.2. The molecule has 0 aliphatic carbocycles. The molecule has 0 fully saturated rings. The molecule has 0 unspecified atom stereocenters. The third-order valence-electron chi connectivity index (χ3n) is 2.20. The van der Waals surface area contributed by atoms with Crippen LogP contribution in [0, 0.1) is 0 Å². The summed E-state index contributed by atoms with van der Waals surface area (Å²) in [5, 5.41) is 0. The molecule has 0 saturated carbocycles. The number of anilines is 1. The molecule has 4 heteroatoms. The molecule has 2 rings (SSSR count). The predicted molar refractivity (Wildman–Crippen MR) is 87.0 cm³/mol. The van der Waals surface area contributed by atoms with Gasteiger partial charge in [0.2, 0.25) is 0 Å². The number of rotatable bonds is 2. The molecule has 2 aromatic carbocycles. The van der Waals surface area contributed by atoms with E-state index in [4.69, 9.17) is 5.73 Å². The van der Waals surface area contributed by atoms with Crippen LogP contribution < -0.4 is 5.73 Å². The Balaban J connectivity index is 0.000000347. The Morgan fingerprint density at radius 3 is 1.65 bits per heavy atom. The summed E-state index contributed by atoms with van der Waals surface area (Å²) in [6.45, 7) is 0. The molecule has 0 heterocycles. The minimum atomic E-state index is -2.67. The zero-order valence-corrected chi connectivity index (χ0v) is 12.5. The summed E-state index contributed by atoms with van der Waals surface area (Å²) in [5.74, 6) is 0. The van der Waals surface area contributed by atoms with E-state index in [1.54, 1.807) is 0 Å². The molecule has 0 aliphatic rings. The van der Waals surface area contributed by atoms with Crippen molar-refractivity contribution in [2.45, 2.75) is 0 Å². The second kappa shape index (κ2) is 7.50. The number of benzene rings is 2. The molecular formula is C16H19NO2S. The molecule has 0 spiro atoms. The van der Waals surface area contributed by atoms with Crippen molar-refractivity contribution in [2.24, 2.45) is 0 Å². The molecule has 3 nitrogen and oxygen atoms in total. The molecule has 0 atom stereocenters. The van der Waals surface area contributed by atoms with E-state index < -0.39 is 9.84 Å². The second-order valence-corrected chi connectivity index (χ2v) is 6.84. The van der Waals surface area contributed by atoms with Gasteiger partial charge in [0.25, 0.3) is 0 Å². The Bertz CT molecular complexity index is 637. The van der Waals surface area contributed by atoms with Crippen LogP contribution in [0.2, 0.25) is 0 Å². The first-order valence-corrected chi connectivity index (χ1v) is 8.38. The third kappa shape index (κ3) is 8.11. The molecule has 0 amide bonds. The largest absolute Gasteiger partial charge is 0.399 e. The van der Waals surface area contributed by atoms with E-state index in [9.17, 15) is 8.42 Å². The van der Waals surface area contributed by atoms with Crippen molar-refractivity contribution in [1.82, 2.24) is 0 Å². The summed E-state index contributed by atoms with van der Waals surface area (Å²) in [6, 6.07) is 18.1. The topological polar surface area (TPSA) is 60.2 Å². The van der Waals surface area contributed by atoms with Gasteiger partial charge in [0.15, 0.2) is 0 Å². The van der Waals surface area contributed by atoms with Crippen molar-refractivity contribution in [3.05, 3.63) is 65.7 Å². The Morgan fingerprint density at radius 1 is 0.800 bits per heavy atom. The maximum Gasteiger partial charge on any atom is 0.144 e. The monoisotopic (exact) mass is 289 g/mol. The average Bonchev–Trinajstić information content (AvgIpc) is 2.37. The highest BCUT2D eigenvalue weighted by Crippen LogP contribution is 2.10. The molecule has 0 aromatic heterocycles. The first kappa shape index (κ1) is 16.0. The van der Waals surface area contributed by atoms with Gasteiger partial charge >= 0.3 is 0 Å².